The van der Waals surface area contributed by atoms with Crippen LogP contribution in [0.1, 0.15) is 40.7 Å². The molecule has 0 unspecified atom stereocenters. The van der Waals surface area contributed by atoms with Crippen molar-refractivity contribution in [1.29, 1.82) is 0 Å². The molecule has 0 aliphatic heterocycles. The molecular weight excluding hydrogens is 302 g/mol. The van der Waals surface area contributed by atoms with Gasteiger partial charge in [0, 0.05) is 13.6 Å². The second-order valence-electron chi connectivity index (χ2n) is 6.46. The van der Waals surface area contributed by atoms with Gasteiger partial charge in [0.05, 0.1) is 11.0 Å². The Morgan fingerprint density at radius 3 is 2.17 bits per heavy atom. The van der Waals surface area contributed by atoms with Crippen molar-refractivity contribution in [2.24, 2.45) is 0 Å². The lowest BCUT2D eigenvalue weighted by Gasteiger charge is -2.43. The van der Waals surface area contributed by atoms with E-state index in [-0.39, 0.29) is 11.5 Å². The van der Waals surface area contributed by atoms with Gasteiger partial charge in [0.1, 0.15) is 0 Å². The Morgan fingerprint density at radius 1 is 1.04 bits per heavy atom. The second-order valence-corrected chi connectivity index (χ2v) is 6.46. The standard InChI is InChI=1S/C20H21NO3/c1-21(14-15-8-10-16(11-9-15)18(22)23)19(24)20(12-5-13-20)17-6-3-2-4-7-17/h2-4,6-11H,5,12-14H2,1H3,(H,22,23). The van der Waals surface area contributed by atoms with Crippen LogP contribution in [-0.4, -0.2) is 28.9 Å². The molecule has 4 nitrogen and oxygen atoms in total. The molecule has 1 N–H and O–H groups in total. The van der Waals surface area contributed by atoms with Gasteiger partial charge in [-0.1, -0.05) is 48.9 Å². The minimum Gasteiger partial charge on any atom is -0.478 e. The molecule has 2 aromatic rings. The molecule has 0 heterocycles. The largest absolute Gasteiger partial charge is 0.478 e. The Balaban J connectivity index is 1.75. The van der Waals surface area contributed by atoms with Crippen molar-refractivity contribution >= 4 is 11.9 Å². The maximum atomic E-state index is 13.1. The first kappa shape index (κ1) is 16.2. The monoisotopic (exact) mass is 323 g/mol. The highest BCUT2D eigenvalue weighted by atomic mass is 16.4. The van der Waals surface area contributed by atoms with Gasteiger partial charge in [0.15, 0.2) is 0 Å². The fourth-order valence-corrected chi connectivity index (χ4v) is 3.38. The van der Waals surface area contributed by atoms with E-state index in [4.69, 9.17) is 5.11 Å². The summed E-state index contributed by atoms with van der Waals surface area (Å²) >= 11 is 0. The fourth-order valence-electron chi connectivity index (χ4n) is 3.38. The third-order valence-electron chi connectivity index (χ3n) is 4.91. The molecule has 0 saturated heterocycles. The van der Waals surface area contributed by atoms with Gasteiger partial charge in [0.2, 0.25) is 5.91 Å². The summed E-state index contributed by atoms with van der Waals surface area (Å²) in [7, 11) is 1.82. The molecular formula is C20H21NO3. The van der Waals surface area contributed by atoms with Gasteiger partial charge in [-0.15, -0.1) is 0 Å². The van der Waals surface area contributed by atoms with Crippen LogP contribution in [0.15, 0.2) is 54.6 Å². The summed E-state index contributed by atoms with van der Waals surface area (Å²) in [5, 5.41) is 8.95. The number of likely N-dealkylation sites (N-methyl/N-ethyl adjacent to an activating group) is 1. The summed E-state index contributed by atoms with van der Waals surface area (Å²) in [6, 6.07) is 16.7. The van der Waals surface area contributed by atoms with Gasteiger partial charge in [-0.3, -0.25) is 4.79 Å². The molecule has 1 aliphatic carbocycles. The fraction of sp³-hybridized carbons (Fsp3) is 0.300. The molecule has 1 amide bonds. The summed E-state index contributed by atoms with van der Waals surface area (Å²) in [4.78, 5) is 25.7. The topological polar surface area (TPSA) is 57.6 Å². The van der Waals surface area contributed by atoms with E-state index in [0.29, 0.717) is 6.54 Å². The number of carboxylic acid groups (broad SMARTS) is 1. The Hall–Kier alpha value is -2.62. The minimum atomic E-state index is -0.941. The van der Waals surface area contributed by atoms with E-state index in [1.165, 1.54) is 0 Å². The van der Waals surface area contributed by atoms with E-state index in [0.717, 1.165) is 30.4 Å². The number of hydrogen-bond donors (Lipinski definition) is 1. The molecule has 0 atom stereocenters. The van der Waals surface area contributed by atoms with Crippen LogP contribution >= 0.6 is 0 Å². The predicted molar refractivity (Wildman–Crippen MR) is 91.8 cm³/mol. The van der Waals surface area contributed by atoms with E-state index in [1.807, 2.05) is 37.4 Å². The second kappa shape index (κ2) is 6.48. The summed E-state index contributed by atoms with van der Waals surface area (Å²) in [5.41, 5.74) is 1.89. The zero-order valence-electron chi connectivity index (χ0n) is 13.7. The number of hydrogen-bond acceptors (Lipinski definition) is 2. The van der Waals surface area contributed by atoms with Gasteiger partial charge < -0.3 is 10.0 Å². The SMILES string of the molecule is CN(Cc1ccc(C(=O)O)cc1)C(=O)C1(c2ccccc2)CCC1. The number of carbonyl (C=O) groups excluding carboxylic acids is 1. The summed E-state index contributed by atoms with van der Waals surface area (Å²) in [6.45, 7) is 0.479. The normalized spacial score (nSPS) is 15.4. The van der Waals surface area contributed by atoms with E-state index >= 15 is 0 Å². The number of rotatable bonds is 5. The zero-order chi connectivity index (χ0) is 17.2. The molecule has 1 fully saturated rings. The van der Waals surface area contributed by atoms with Crippen molar-refractivity contribution in [1.82, 2.24) is 4.90 Å². The first-order valence-corrected chi connectivity index (χ1v) is 8.16. The molecule has 24 heavy (non-hydrogen) atoms. The van der Waals surface area contributed by atoms with Crippen molar-refractivity contribution in [2.45, 2.75) is 31.2 Å². The number of nitrogens with zero attached hydrogens (tertiary/aromatic N) is 1. The van der Waals surface area contributed by atoms with Crippen LogP contribution in [0, 0.1) is 0 Å². The maximum absolute atomic E-state index is 13.1. The molecule has 0 radical (unpaired) electrons. The highest BCUT2D eigenvalue weighted by Gasteiger charge is 2.46. The van der Waals surface area contributed by atoms with Crippen LogP contribution < -0.4 is 0 Å². The van der Waals surface area contributed by atoms with Crippen LogP contribution in [0.5, 0.6) is 0 Å². The van der Waals surface area contributed by atoms with Gasteiger partial charge in [-0.25, -0.2) is 4.79 Å². The number of aromatic carboxylic acids is 1. The Morgan fingerprint density at radius 2 is 1.67 bits per heavy atom. The Bertz CT molecular complexity index is 733. The van der Waals surface area contributed by atoms with Crippen LogP contribution in [0.3, 0.4) is 0 Å². The van der Waals surface area contributed by atoms with Crippen LogP contribution in [-0.2, 0) is 16.8 Å². The Kier molecular flexibility index (Phi) is 4.38. The van der Waals surface area contributed by atoms with Crippen molar-refractivity contribution in [3.63, 3.8) is 0 Å². The lowest BCUT2D eigenvalue weighted by Crippen LogP contribution is -2.49. The predicted octanol–water partition coefficient (Wildman–Crippen LogP) is 3.47. The highest BCUT2D eigenvalue weighted by Crippen LogP contribution is 2.45. The first-order valence-electron chi connectivity index (χ1n) is 8.16. The number of carboxylic acids is 1. The third-order valence-corrected chi connectivity index (χ3v) is 4.91. The van der Waals surface area contributed by atoms with Crippen molar-refractivity contribution in [2.75, 3.05) is 7.05 Å². The molecule has 4 heteroatoms. The van der Waals surface area contributed by atoms with E-state index in [2.05, 4.69) is 0 Å². The van der Waals surface area contributed by atoms with Crippen molar-refractivity contribution in [3.8, 4) is 0 Å². The lowest BCUT2D eigenvalue weighted by atomic mass is 9.63. The molecule has 0 aromatic heterocycles. The first-order chi connectivity index (χ1) is 11.5. The molecule has 1 saturated carbocycles. The van der Waals surface area contributed by atoms with Gasteiger partial charge in [-0.05, 0) is 36.1 Å². The number of carbonyl (C=O) groups is 2. The van der Waals surface area contributed by atoms with E-state index in [9.17, 15) is 9.59 Å². The summed E-state index contributed by atoms with van der Waals surface area (Å²) < 4.78 is 0. The van der Waals surface area contributed by atoms with E-state index < -0.39 is 11.4 Å². The summed E-state index contributed by atoms with van der Waals surface area (Å²) in [5.74, 6) is -0.800. The van der Waals surface area contributed by atoms with Gasteiger partial charge >= 0.3 is 5.97 Å². The van der Waals surface area contributed by atoms with Crippen LogP contribution in [0.25, 0.3) is 0 Å². The van der Waals surface area contributed by atoms with Crippen molar-refractivity contribution < 1.29 is 14.7 Å². The molecule has 0 spiro atoms. The smallest absolute Gasteiger partial charge is 0.335 e. The van der Waals surface area contributed by atoms with Crippen LogP contribution in [0.2, 0.25) is 0 Å². The number of amides is 1. The molecule has 124 valence electrons. The third kappa shape index (κ3) is 2.92. The zero-order valence-corrected chi connectivity index (χ0v) is 13.7. The molecule has 1 aliphatic rings. The van der Waals surface area contributed by atoms with Crippen LogP contribution in [0.4, 0.5) is 0 Å². The van der Waals surface area contributed by atoms with Crippen molar-refractivity contribution in [3.05, 3.63) is 71.3 Å². The molecule has 2 aromatic carbocycles. The summed E-state index contributed by atoms with van der Waals surface area (Å²) in [6.07, 6.45) is 2.85. The average molecular weight is 323 g/mol. The quantitative estimate of drug-likeness (QED) is 0.916. The van der Waals surface area contributed by atoms with E-state index in [1.54, 1.807) is 29.2 Å². The van der Waals surface area contributed by atoms with Gasteiger partial charge in [-0.2, -0.15) is 0 Å². The molecule has 0 bridgehead atoms. The number of benzene rings is 2. The Labute approximate surface area is 141 Å². The van der Waals surface area contributed by atoms with Gasteiger partial charge in [0.25, 0.3) is 0 Å². The highest BCUT2D eigenvalue weighted by molar-refractivity contribution is 5.89. The molecule has 3 rings (SSSR count). The maximum Gasteiger partial charge on any atom is 0.335 e. The average Bonchev–Trinajstić information content (AvgIpc) is 2.55. The lowest BCUT2D eigenvalue weighted by molar-refractivity contribution is -0.140. The minimum absolute atomic E-state index is 0.141.